The Morgan fingerprint density at radius 1 is 1.38 bits per heavy atom. The highest BCUT2D eigenvalue weighted by molar-refractivity contribution is 5.99. The zero-order valence-corrected chi connectivity index (χ0v) is 13.9. The number of nitrogens with one attached hydrogen (secondary N) is 1. The van der Waals surface area contributed by atoms with Crippen molar-refractivity contribution in [3.05, 3.63) is 47.5 Å². The van der Waals surface area contributed by atoms with Crippen LogP contribution in [0.1, 0.15) is 47.6 Å². The predicted octanol–water partition coefficient (Wildman–Crippen LogP) is 1.52. The number of hydrogen-bond acceptors (Lipinski definition) is 4. The Hall–Kier alpha value is -2.70. The Morgan fingerprint density at radius 3 is 2.96 bits per heavy atom. The van der Waals surface area contributed by atoms with Crippen molar-refractivity contribution in [1.82, 2.24) is 25.0 Å². The highest BCUT2D eigenvalue weighted by Crippen LogP contribution is 2.27. The van der Waals surface area contributed by atoms with Crippen LogP contribution in [0.4, 0.5) is 0 Å². The molecule has 0 bridgehead atoms. The fourth-order valence-corrected chi connectivity index (χ4v) is 2.94. The van der Waals surface area contributed by atoms with Gasteiger partial charge in [-0.2, -0.15) is 0 Å². The van der Waals surface area contributed by atoms with E-state index in [9.17, 15) is 9.59 Å². The Balaban J connectivity index is 1.65. The number of hydrogen-bond donors (Lipinski definition) is 1. The molecular weight excluding hydrogens is 306 g/mol. The van der Waals surface area contributed by atoms with Crippen molar-refractivity contribution in [2.45, 2.75) is 38.9 Å². The smallest absolute Gasteiger partial charge is 0.252 e. The Labute approximate surface area is 140 Å². The lowest BCUT2D eigenvalue weighted by molar-refractivity contribution is -0.131. The van der Waals surface area contributed by atoms with Gasteiger partial charge in [0.25, 0.3) is 5.91 Å². The molecule has 2 heterocycles. The van der Waals surface area contributed by atoms with Crippen LogP contribution < -0.4 is 5.32 Å². The van der Waals surface area contributed by atoms with E-state index in [0.717, 1.165) is 24.4 Å². The predicted molar refractivity (Wildman–Crippen MR) is 88.1 cm³/mol. The summed E-state index contributed by atoms with van der Waals surface area (Å²) in [5.74, 6) is 0.611. The lowest BCUT2D eigenvalue weighted by atomic mass is 10.0. The third-order valence-electron chi connectivity index (χ3n) is 4.23. The molecule has 1 atom stereocenters. The van der Waals surface area contributed by atoms with E-state index in [1.807, 2.05) is 22.8 Å². The molecule has 0 unspecified atom stereocenters. The zero-order valence-electron chi connectivity index (χ0n) is 13.9. The first-order valence-electron chi connectivity index (χ1n) is 8.10. The highest BCUT2D eigenvalue weighted by Gasteiger charge is 2.30. The molecule has 1 aromatic heterocycles. The van der Waals surface area contributed by atoms with Gasteiger partial charge >= 0.3 is 0 Å². The normalized spacial score (nSPS) is 15.9. The third kappa shape index (κ3) is 3.15. The second-order valence-corrected chi connectivity index (χ2v) is 6.01. The van der Waals surface area contributed by atoms with E-state index < -0.39 is 0 Å². The fraction of sp³-hybridized carbons (Fsp3) is 0.412. The van der Waals surface area contributed by atoms with Crippen molar-refractivity contribution in [1.29, 1.82) is 0 Å². The van der Waals surface area contributed by atoms with Crippen LogP contribution in [0.5, 0.6) is 0 Å². The number of nitrogens with zero attached hydrogens (tertiary/aromatic N) is 4. The molecule has 7 nitrogen and oxygen atoms in total. The van der Waals surface area contributed by atoms with Gasteiger partial charge in [0.1, 0.15) is 6.33 Å². The molecule has 0 spiro atoms. The van der Waals surface area contributed by atoms with Gasteiger partial charge in [0, 0.05) is 19.2 Å². The summed E-state index contributed by atoms with van der Waals surface area (Å²) in [6.07, 6.45) is 2.90. The average molecular weight is 327 g/mol. The number of amides is 2. The van der Waals surface area contributed by atoms with Gasteiger partial charge < -0.3 is 14.8 Å². The molecule has 2 aromatic rings. The number of aromatic nitrogens is 3. The van der Waals surface area contributed by atoms with Gasteiger partial charge in [-0.05, 0) is 18.1 Å². The van der Waals surface area contributed by atoms with E-state index in [4.69, 9.17) is 0 Å². The van der Waals surface area contributed by atoms with Crippen molar-refractivity contribution in [3.63, 3.8) is 0 Å². The quantitative estimate of drug-likeness (QED) is 0.872. The van der Waals surface area contributed by atoms with E-state index >= 15 is 0 Å². The largest absolute Gasteiger partial charge is 0.345 e. The van der Waals surface area contributed by atoms with E-state index in [-0.39, 0.29) is 24.3 Å². The van der Waals surface area contributed by atoms with Gasteiger partial charge in [-0.1, -0.05) is 25.1 Å². The second-order valence-electron chi connectivity index (χ2n) is 6.01. The van der Waals surface area contributed by atoms with Gasteiger partial charge in [0.15, 0.2) is 5.82 Å². The minimum Gasteiger partial charge on any atom is -0.345 e. The maximum atomic E-state index is 12.5. The van der Waals surface area contributed by atoms with Gasteiger partial charge in [-0.15, -0.1) is 10.2 Å². The molecule has 0 fully saturated rings. The van der Waals surface area contributed by atoms with E-state index in [2.05, 4.69) is 22.4 Å². The molecule has 1 aromatic carbocycles. The maximum absolute atomic E-state index is 12.5. The summed E-state index contributed by atoms with van der Waals surface area (Å²) >= 11 is 0. The summed E-state index contributed by atoms with van der Waals surface area (Å²) in [5.41, 5.74) is 1.54. The fourth-order valence-electron chi connectivity index (χ4n) is 2.94. The summed E-state index contributed by atoms with van der Waals surface area (Å²) in [7, 11) is 1.75. The molecular formula is C17H21N5O2. The van der Waals surface area contributed by atoms with Gasteiger partial charge in [-0.25, -0.2) is 0 Å². The Kier molecular flexibility index (Phi) is 4.59. The molecule has 3 rings (SSSR count). The molecule has 1 aliphatic rings. The van der Waals surface area contributed by atoms with E-state index in [1.165, 1.54) is 0 Å². The summed E-state index contributed by atoms with van der Waals surface area (Å²) in [6, 6.07) is 7.12. The van der Waals surface area contributed by atoms with Gasteiger partial charge in [0.05, 0.1) is 19.0 Å². The standard InChI is InChI=1S/C17H21N5O2/c1-3-8-22-11-18-20-15(22)10-21(2)16(23)9-14-12-6-4-5-7-13(12)17(24)19-14/h4-7,11,14H,3,8-10H2,1-2H3,(H,19,24)/t14-/m0/s1. The monoisotopic (exact) mass is 327 g/mol. The summed E-state index contributed by atoms with van der Waals surface area (Å²) in [6.45, 7) is 3.32. The Bertz CT molecular complexity index is 755. The van der Waals surface area contributed by atoms with Crippen molar-refractivity contribution in [3.8, 4) is 0 Å². The molecule has 2 amide bonds. The van der Waals surface area contributed by atoms with Crippen LogP contribution in [0.3, 0.4) is 0 Å². The lowest BCUT2D eigenvalue weighted by Crippen LogP contribution is -2.31. The number of aryl methyl sites for hydroxylation is 1. The van der Waals surface area contributed by atoms with Crippen molar-refractivity contribution in [2.75, 3.05) is 7.05 Å². The van der Waals surface area contributed by atoms with Crippen LogP contribution in [0.15, 0.2) is 30.6 Å². The van der Waals surface area contributed by atoms with Crippen LogP contribution >= 0.6 is 0 Å². The van der Waals surface area contributed by atoms with Crippen LogP contribution in [-0.2, 0) is 17.9 Å². The zero-order chi connectivity index (χ0) is 17.1. The van der Waals surface area contributed by atoms with Crippen LogP contribution in [-0.4, -0.2) is 38.5 Å². The van der Waals surface area contributed by atoms with Gasteiger partial charge in [0.2, 0.25) is 5.91 Å². The molecule has 0 saturated carbocycles. The van der Waals surface area contributed by atoms with E-state index in [0.29, 0.717) is 12.1 Å². The van der Waals surface area contributed by atoms with Crippen molar-refractivity contribution < 1.29 is 9.59 Å². The van der Waals surface area contributed by atoms with Crippen LogP contribution in [0.25, 0.3) is 0 Å². The molecule has 0 aliphatic carbocycles. The molecule has 0 saturated heterocycles. The number of carbonyl (C=O) groups is 2. The second kappa shape index (κ2) is 6.82. The molecule has 0 radical (unpaired) electrons. The van der Waals surface area contributed by atoms with Crippen LogP contribution in [0, 0.1) is 0 Å². The molecule has 1 N–H and O–H groups in total. The number of benzene rings is 1. The third-order valence-corrected chi connectivity index (χ3v) is 4.23. The van der Waals surface area contributed by atoms with E-state index in [1.54, 1.807) is 24.3 Å². The first-order valence-corrected chi connectivity index (χ1v) is 8.10. The summed E-state index contributed by atoms with van der Waals surface area (Å²) in [4.78, 5) is 26.1. The molecule has 7 heteroatoms. The maximum Gasteiger partial charge on any atom is 0.252 e. The minimum absolute atomic E-state index is 0.0388. The molecule has 24 heavy (non-hydrogen) atoms. The van der Waals surface area contributed by atoms with Crippen molar-refractivity contribution in [2.24, 2.45) is 0 Å². The summed E-state index contributed by atoms with van der Waals surface area (Å²) < 4.78 is 1.95. The molecule has 1 aliphatic heterocycles. The Morgan fingerprint density at radius 2 is 2.17 bits per heavy atom. The van der Waals surface area contributed by atoms with Crippen molar-refractivity contribution >= 4 is 11.8 Å². The highest BCUT2D eigenvalue weighted by atomic mass is 16.2. The first kappa shape index (κ1) is 16.2. The molecule has 126 valence electrons. The summed E-state index contributed by atoms with van der Waals surface area (Å²) in [5, 5.41) is 10.9. The number of carbonyl (C=O) groups excluding carboxylic acids is 2. The number of rotatable bonds is 6. The minimum atomic E-state index is -0.267. The average Bonchev–Trinajstić information content (AvgIpc) is 3.13. The SMILES string of the molecule is CCCn1cnnc1CN(C)C(=O)C[C@@H]1NC(=O)c2ccccc21. The van der Waals surface area contributed by atoms with Gasteiger partial charge in [-0.3, -0.25) is 9.59 Å². The topological polar surface area (TPSA) is 80.1 Å². The lowest BCUT2D eigenvalue weighted by Gasteiger charge is -2.19. The first-order chi connectivity index (χ1) is 11.6. The van der Waals surface area contributed by atoms with Crippen LogP contribution in [0.2, 0.25) is 0 Å². The number of fused-ring (bicyclic) bond motifs is 1.